The van der Waals surface area contributed by atoms with Crippen molar-refractivity contribution in [2.45, 2.75) is 51.5 Å². The third kappa shape index (κ3) is 5.24. The normalized spacial score (nSPS) is 13.6. The highest BCUT2D eigenvalue weighted by Gasteiger charge is 2.31. The van der Waals surface area contributed by atoms with Crippen LogP contribution in [0.1, 0.15) is 41.0 Å². The van der Waals surface area contributed by atoms with Gasteiger partial charge in [0.05, 0.1) is 5.02 Å². The predicted molar refractivity (Wildman–Crippen MR) is 84.9 cm³/mol. The van der Waals surface area contributed by atoms with Crippen LogP contribution < -0.4 is 4.72 Å². The van der Waals surface area contributed by atoms with Gasteiger partial charge in [-0.15, -0.1) is 0 Å². The van der Waals surface area contributed by atoms with Gasteiger partial charge < -0.3 is 0 Å². The summed E-state index contributed by atoms with van der Waals surface area (Å²) in [5, 5.41) is 0.497. The van der Waals surface area contributed by atoms with Crippen molar-refractivity contribution >= 4 is 33.2 Å². The summed E-state index contributed by atoms with van der Waals surface area (Å²) in [6.45, 7) is 9.91. The highest BCUT2D eigenvalue weighted by Crippen LogP contribution is 2.30. The second-order valence-electron chi connectivity index (χ2n) is 6.80. The molecule has 0 fully saturated rings. The molecule has 6 heteroatoms. The van der Waals surface area contributed by atoms with Crippen molar-refractivity contribution in [1.29, 1.82) is 0 Å². The van der Waals surface area contributed by atoms with Crippen molar-refractivity contribution in [3.05, 3.63) is 28.2 Å². The number of nitrogens with one attached hydrogen (secondary N) is 1. The van der Waals surface area contributed by atoms with Crippen LogP contribution in [0.4, 0.5) is 0 Å². The molecule has 0 bridgehead atoms. The Bertz CT molecular complexity index is 590. The average molecular weight is 338 g/mol. The standard InChI is InChI=1S/C14H21Cl2NO2S/c1-13(2,3)9-14(4,5)17-20(18,19)12-8-10(15)6-7-11(12)16/h6-8,17H,9H2,1-5H3. The maximum absolute atomic E-state index is 12.5. The summed E-state index contributed by atoms with van der Waals surface area (Å²) in [5.74, 6) is 0. The molecule has 0 atom stereocenters. The lowest BCUT2D eigenvalue weighted by molar-refractivity contribution is 0.269. The van der Waals surface area contributed by atoms with Gasteiger partial charge in [-0.1, -0.05) is 44.0 Å². The van der Waals surface area contributed by atoms with E-state index in [4.69, 9.17) is 23.2 Å². The molecular formula is C14H21Cl2NO2S. The van der Waals surface area contributed by atoms with Crippen LogP contribution in [0, 0.1) is 5.41 Å². The Kier molecular flexibility index (Phi) is 5.18. The first-order chi connectivity index (χ1) is 8.82. The maximum atomic E-state index is 12.5. The summed E-state index contributed by atoms with van der Waals surface area (Å²) < 4.78 is 27.6. The highest BCUT2D eigenvalue weighted by atomic mass is 35.5. The van der Waals surface area contributed by atoms with E-state index < -0.39 is 15.6 Å². The van der Waals surface area contributed by atoms with Crippen LogP contribution in [0.2, 0.25) is 10.0 Å². The average Bonchev–Trinajstić information content (AvgIpc) is 2.15. The predicted octanol–water partition coefficient (Wildman–Crippen LogP) is 4.49. The molecule has 1 aromatic carbocycles. The smallest absolute Gasteiger partial charge is 0.207 e. The van der Waals surface area contributed by atoms with E-state index in [1.54, 1.807) is 6.07 Å². The summed E-state index contributed by atoms with van der Waals surface area (Å²) >= 11 is 11.8. The van der Waals surface area contributed by atoms with Gasteiger partial charge in [-0.2, -0.15) is 0 Å². The number of benzene rings is 1. The van der Waals surface area contributed by atoms with Crippen molar-refractivity contribution in [3.8, 4) is 0 Å². The zero-order valence-electron chi connectivity index (χ0n) is 12.4. The molecule has 1 aromatic rings. The van der Waals surface area contributed by atoms with Crippen molar-refractivity contribution in [3.63, 3.8) is 0 Å². The molecule has 0 aliphatic rings. The Balaban J connectivity index is 3.09. The van der Waals surface area contributed by atoms with Crippen LogP contribution in [0.5, 0.6) is 0 Å². The maximum Gasteiger partial charge on any atom is 0.242 e. The Morgan fingerprint density at radius 3 is 2.15 bits per heavy atom. The van der Waals surface area contributed by atoms with Gasteiger partial charge in [0.1, 0.15) is 4.90 Å². The summed E-state index contributed by atoms with van der Waals surface area (Å²) in [6.07, 6.45) is 0.692. The van der Waals surface area contributed by atoms with Crippen LogP contribution in [-0.2, 0) is 10.0 Å². The number of hydrogen-bond acceptors (Lipinski definition) is 2. The Morgan fingerprint density at radius 1 is 1.10 bits per heavy atom. The summed E-state index contributed by atoms with van der Waals surface area (Å²) in [5.41, 5.74) is -0.577. The van der Waals surface area contributed by atoms with Crippen molar-refractivity contribution in [2.75, 3.05) is 0 Å². The van der Waals surface area contributed by atoms with Gasteiger partial charge in [0.25, 0.3) is 0 Å². The quantitative estimate of drug-likeness (QED) is 0.879. The van der Waals surface area contributed by atoms with E-state index in [0.29, 0.717) is 11.4 Å². The fourth-order valence-corrected chi connectivity index (χ4v) is 4.64. The number of sulfonamides is 1. The minimum Gasteiger partial charge on any atom is -0.207 e. The third-order valence-electron chi connectivity index (χ3n) is 2.57. The van der Waals surface area contributed by atoms with Gasteiger partial charge in [0.2, 0.25) is 10.0 Å². The fourth-order valence-electron chi connectivity index (χ4n) is 2.46. The second-order valence-corrected chi connectivity index (χ2v) is 9.30. The molecule has 0 unspecified atom stereocenters. The minimum absolute atomic E-state index is 0.00411. The number of rotatable bonds is 4. The molecule has 114 valence electrons. The molecule has 3 nitrogen and oxygen atoms in total. The Morgan fingerprint density at radius 2 is 1.65 bits per heavy atom. The van der Waals surface area contributed by atoms with Crippen molar-refractivity contribution in [2.24, 2.45) is 5.41 Å². The van der Waals surface area contributed by atoms with Crippen molar-refractivity contribution < 1.29 is 8.42 Å². The molecule has 0 spiro atoms. The summed E-state index contributed by atoms with van der Waals surface area (Å²) in [7, 11) is -3.71. The molecule has 0 aromatic heterocycles. The van der Waals surface area contributed by atoms with Crippen molar-refractivity contribution in [1.82, 2.24) is 4.72 Å². The molecule has 0 saturated heterocycles. The fraction of sp³-hybridized carbons (Fsp3) is 0.571. The molecule has 0 amide bonds. The first-order valence-electron chi connectivity index (χ1n) is 6.31. The highest BCUT2D eigenvalue weighted by molar-refractivity contribution is 7.89. The molecule has 0 aliphatic heterocycles. The van der Waals surface area contributed by atoms with Gasteiger partial charge in [-0.25, -0.2) is 13.1 Å². The molecule has 1 N–H and O–H groups in total. The zero-order valence-corrected chi connectivity index (χ0v) is 14.7. The van der Waals surface area contributed by atoms with E-state index in [2.05, 4.69) is 25.5 Å². The molecule has 0 saturated carbocycles. The molecule has 0 heterocycles. The van der Waals surface area contributed by atoms with Gasteiger partial charge in [-0.3, -0.25) is 0 Å². The SMILES string of the molecule is CC(C)(C)CC(C)(C)NS(=O)(=O)c1cc(Cl)ccc1Cl. The summed E-state index contributed by atoms with van der Waals surface area (Å²) in [4.78, 5) is 0.00801. The third-order valence-corrected chi connectivity index (χ3v) is 4.98. The lowest BCUT2D eigenvalue weighted by Crippen LogP contribution is -2.45. The first kappa shape index (κ1) is 17.8. The van der Waals surface area contributed by atoms with Gasteiger partial charge in [-0.05, 0) is 43.9 Å². The molecule has 0 aliphatic carbocycles. The van der Waals surface area contributed by atoms with Crippen LogP contribution in [0.15, 0.2) is 23.1 Å². The Hall–Kier alpha value is -0.290. The summed E-state index contributed by atoms with van der Waals surface area (Å²) in [6, 6.07) is 4.40. The van der Waals surface area contributed by atoms with Gasteiger partial charge in [0, 0.05) is 10.6 Å². The minimum atomic E-state index is -3.71. The van der Waals surface area contributed by atoms with Crippen LogP contribution in [-0.4, -0.2) is 14.0 Å². The van der Waals surface area contributed by atoms with E-state index in [0.717, 1.165) is 0 Å². The van der Waals surface area contributed by atoms with E-state index in [-0.39, 0.29) is 15.3 Å². The largest absolute Gasteiger partial charge is 0.242 e. The van der Waals surface area contributed by atoms with Gasteiger partial charge >= 0.3 is 0 Å². The zero-order chi connectivity index (χ0) is 15.8. The van der Waals surface area contributed by atoms with E-state index >= 15 is 0 Å². The van der Waals surface area contributed by atoms with Gasteiger partial charge in [0.15, 0.2) is 0 Å². The topological polar surface area (TPSA) is 46.2 Å². The molecule has 20 heavy (non-hydrogen) atoms. The monoisotopic (exact) mass is 337 g/mol. The lowest BCUT2D eigenvalue weighted by Gasteiger charge is -2.33. The molecule has 0 radical (unpaired) electrons. The lowest BCUT2D eigenvalue weighted by atomic mass is 9.82. The van der Waals surface area contributed by atoms with E-state index in [1.807, 2.05) is 13.8 Å². The Labute approximate surface area is 131 Å². The number of hydrogen-bond donors (Lipinski definition) is 1. The number of halogens is 2. The van der Waals surface area contributed by atoms with Crippen LogP contribution >= 0.6 is 23.2 Å². The molecular weight excluding hydrogens is 317 g/mol. The van der Waals surface area contributed by atoms with E-state index in [9.17, 15) is 8.42 Å². The first-order valence-corrected chi connectivity index (χ1v) is 8.55. The second kappa shape index (κ2) is 5.84. The van der Waals surface area contributed by atoms with Crippen LogP contribution in [0.3, 0.4) is 0 Å². The van der Waals surface area contributed by atoms with E-state index in [1.165, 1.54) is 12.1 Å². The van der Waals surface area contributed by atoms with Crippen LogP contribution in [0.25, 0.3) is 0 Å². The molecule has 1 rings (SSSR count).